The number of ether oxygens (including phenoxy) is 1. The van der Waals surface area contributed by atoms with E-state index in [1.807, 2.05) is 13.0 Å². The SMILES string of the molecule is CCc1c(O)ccc2nc3c(cc12)Cn1c-3cc2c(c1=O)COC(=O)[C@H]2O. The molecule has 0 unspecified atom stereocenters. The first-order valence-corrected chi connectivity index (χ1v) is 8.75. The summed E-state index contributed by atoms with van der Waals surface area (Å²) in [4.78, 5) is 29.3. The van der Waals surface area contributed by atoms with Crippen LogP contribution in [0.3, 0.4) is 0 Å². The number of rotatable bonds is 1. The van der Waals surface area contributed by atoms with Crippen molar-refractivity contribution in [3.8, 4) is 17.1 Å². The molecule has 0 saturated carbocycles. The number of phenolic OH excluding ortho intramolecular Hbond substituents is 1. The van der Waals surface area contributed by atoms with Crippen LogP contribution in [0.25, 0.3) is 22.3 Å². The lowest BCUT2D eigenvalue weighted by Gasteiger charge is -2.21. The zero-order valence-corrected chi connectivity index (χ0v) is 14.5. The summed E-state index contributed by atoms with van der Waals surface area (Å²) in [5.74, 6) is -0.520. The fraction of sp³-hybridized carbons (Fsp3) is 0.250. The number of nitrogens with zero attached hydrogens (tertiary/aromatic N) is 2. The number of aromatic nitrogens is 2. The van der Waals surface area contributed by atoms with E-state index in [9.17, 15) is 19.8 Å². The van der Waals surface area contributed by atoms with Crippen LogP contribution in [-0.4, -0.2) is 25.7 Å². The van der Waals surface area contributed by atoms with Gasteiger partial charge in [-0.05, 0) is 30.7 Å². The van der Waals surface area contributed by atoms with Gasteiger partial charge in [-0.15, -0.1) is 0 Å². The van der Waals surface area contributed by atoms with Crippen molar-refractivity contribution in [1.82, 2.24) is 9.55 Å². The molecule has 0 saturated heterocycles. The second kappa shape index (κ2) is 5.40. The Morgan fingerprint density at radius 2 is 2.11 bits per heavy atom. The fourth-order valence-electron chi connectivity index (χ4n) is 4.02. The molecule has 4 heterocycles. The molecular weight excluding hydrogens is 348 g/mol. The van der Waals surface area contributed by atoms with Gasteiger partial charge >= 0.3 is 5.97 Å². The molecular formula is C20H16N2O5. The van der Waals surface area contributed by atoms with Gasteiger partial charge in [0.2, 0.25) is 0 Å². The number of esters is 1. The van der Waals surface area contributed by atoms with Gasteiger partial charge in [-0.3, -0.25) is 4.79 Å². The smallest absolute Gasteiger partial charge is 0.340 e. The second-order valence-corrected chi connectivity index (χ2v) is 6.84. The summed E-state index contributed by atoms with van der Waals surface area (Å²) in [7, 11) is 0. The highest BCUT2D eigenvalue weighted by molar-refractivity contribution is 5.88. The van der Waals surface area contributed by atoms with Crippen LogP contribution in [0.2, 0.25) is 0 Å². The van der Waals surface area contributed by atoms with E-state index < -0.39 is 12.1 Å². The molecule has 0 radical (unpaired) electrons. The number of benzene rings is 1. The Morgan fingerprint density at radius 3 is 2.89 bits per heavy atom. The molecule has 2 aromatic heterocycles. The van der Waals surface area contributed by atoms with Crippen molar-refractivity contribution in [3.63, 3.8) is 0 Å². The van der Waals surface area contributed by atoms with Crippen LogP contribution >= 0.6 is 0 Å². The Bertz CT molecular complexity index is 1210. The summed E-state index contributed by atoms with van der Waals surface area (Å²) in [6.07, 6.45) is -0.795. The van der Waals surface area contributed by atoms with Crippen LogP contribution in [0.5, 0.6) is 5.75 Å². The average Bonchev–Trinajstić information content (AvgIpc) is 3.02. The lowest BCUT2D eigenvalue weighted by molar-refractivity contribution is -0.157. The number of pyridine rings is 2. The van der Waals surface area contributed by atoms with Crippen molar-refractivity contribution in [2.75, 3.05) is 0 Å². The molecule has 0 aliphatic carbocycles. The van der Waals surface area contributed by atoms with Gasteiger partial charge in [0.1, 0.15) is 12.4 Å². The van der Waals surface area contributed by atoms with E-state index in [4.69, 9.17) is 9.72 Å². The number of aliphatic hydroxyl groups excluding tert-OH is 1. The molecule has 2 aliphatic rings. The quantitative estimate of drug-likeness (QED) is 0.499. The van der Waals surface area contributed by atoms with E-state index in [1.165, 1.54) is 0 Å². The molecule has 1 atom stereocenters. The Labute approximate surface area is 153 Å². The maximum absolute atomic E-state index is 12.9. The average molecular weight is 364 g/mol. The third kappa shape index (κ3) is 2.09. The van der Waals surface area contributed by atoms with Gasteiger partial charge in [0.05, 0.1) is 29.0 Å². The first kappa shape index (κ1) is 16.0. The molecule has 136 valence electrons. The third-order valence-corrected chi connectivity index (χ3v) is 5.40. The van der Waals surface area contributed by atoms with Crippen molar-refractivity contribution in [2.24, 2.45) is 0 Å². The first-order chi connectivity index (χ1) is 13.0. The third-order valence-electron chi connectivity index (χ3n) is 5.40. The highest BCUT2D eigenvalue weighted by Crippen LogP contribution is 2.37. The molecule has 2 N–H and O–H groups in total. The summed E-state index contributed by atoms with van der Waals surface area (Å²) in [6.45, 7) is 2.18. The summed E-state index contributed by atoms with van der Waals surface area (Å²) in [5.41, 5.74) is 3.95. The molecule has 27 heavy (non-hydrogen) atoms. The number of hydrogen-bond donors (Lipinski definition) is 2. The number of hydrogen-bond acceptors (Lipinski definition) is 6. The van der Waals surface area contributed by atoms with Crippen LogP contribution in [0.1, 0.15) is 35.3 Å². The van der Waals surface area contributed by atoms with Gasteiger partial charge in [0.15, 0.2) is 6.10 Å². The van der Waals surface area contributed by atoms with Crippen molar-refractivity contribution < 1.29 is 19.7 Å². The summed E-state index contributed by atoms with van der Waals surface area (Å²) in [6, 6.07) is 6.98. The van der Waals surface area contributed by atoms with Gasteiger partial charge < -0.3 is 19.5 Å². The summed E-state index contributed by atoms with van der Waals surface area (Å²) < 4.78 is 6.49. The van der Waals surface area contributed by atoms with E-state index in [1.54, 1.807) is 22.8 Å². The Hall–Kier alpha value is -3.19. The first-order valence-electron chi connectivity index (χ1n) is 8.75. The Morgan fingerprint density at radius 1 is 1.30 bits per heavy atom. The lowest BCUT2D eigenvalue weighted by Crippen LogP contribution is -2.32. The normalized spacial score (nSPS) is 17.4. The zero-order valence-electron chi connectivity index (χ0n) is 14.5. The number of aryl methyl sites for hydroxylation is 1. The van der Waals surface area contributed by atoms with Gasteiger partial charge in [0.25, 0.3) is 5.56 Å². The molecule has 5 rings (SSSR count). The van der Waals surface area contributed by atoms with Crippen LogP contribution < -0.4 is 5.56 Å². The summed E-state index contributed by atoms with van der Waals surface area (Å²) >= 11 is 0. The predicted octanol–water partition coefficient (Wildman–Crippen LogP) is 1.78. The predicted molar refractivity (Wildman–Crippen MR) is 96.3 cm³/mol. The van der Waals surface area contributed by atoms with Gasteiger partial charge in [-0.2, -0.15) is 0 Å². The number of phenols is 1. The highest BCUT2D eigenvalue weighted by Gasteiger charge is 2.33. The molecule has 7 nitrogen and oxygen atoms in total. The molecule has 3 aromatic rings. The van der Waals surface area contributed by atoms with Gasteiger partial charge in [0, 0.05) is 22.1 Å². The van der Waals surface area contributed by atoms with E-state index in [2.05, 4.69) is 0 Å². The number of aliphatic hydroxyl groups is 1. The van der Waals surface area contributed by atoms with Crippen LogP contribution in [-0.2, 0) is 29.1 Å². The fourth-order valence-corrected chi connectivity index (χ4v) is 4.02. The number of aromatic hydroxyl groups is 1. The maximum Gasteiger partial charge on any atom is 0.340 e. The maximum atomic E-state index is 12.9. The topological polar surface area (TPSA) is 102 Å². The second-order valence-electron chi connectivity index (χ2n) is 6.84. The highest BCUT2D eigenvalue weighted by atomic mass is 16.5. The molecule has 0 fully saturated rings. The number of cyclic esters (lactones) is 1. The molecule has 0 bridgehead atoms. The van der Waals surface area contributed by atoms with Gasteiger partial charge in [-0.1, -0.05) is 6.92 Å². The van der Waals surface area contributed by atoms with Crippen LogP contribution in [0, 0.1) is 0 Å². The number of carbonyl (C=O) groups excluding carboxylic acids is 1. The van der Waals surface area contributed by atoms with Crippen molar-refractivity contribution in [2.45, 2.75) is 32.6 Å². The lowest BCUT2D eigenvalue weighted by atomic mass is 9.99. The number of carbonyl (C=O) groups is 1. The Balaban J connectivity index is 1.78. The van der Waals surface area contributed by atoms with Crippen LogP contribution in [0.15, 0.2) is 29.1 Å². The van der Waals surface area contributed by atoms with Crippen LogP contribution in [0.4, 0.5) is 0 Å². The Kier molecular flexibility index (Phi) is 3.21. The van der Waals surface area contributed by atoms with Gasteiger partial charge in [-0.25, -0.2) is 9.78 Å². The molecule has 0 amide bonds. The van der Waals surface area contributed by atoms with Crippen molar-refractivity contribution in [3.05, 3.63) is 56.9 Å². The standard InChI is InChI=1S/C20H16N2O5/c1-2-10-11-5-9-7-22-15(17(9)21-14(11)3-4-16(10)23)6-12-13(19(22)25)8-27-20(26)18(12)24/h3-6,18,23-24H,2,7-8H2,1H3/t18-/m0/s1. The molecule has 2 aliphatic heterocycles. The minimum atomic E-state index is -1.46. The summed E-state index contributed by atoms with van der Waals surface area (Å²) in [5, 5.41) is 21.1. The minimum Gasteiger partial charge on any atom is -0.508 e. The number of fused-ring (bicyclic) bond motifs is 5. The van der Waals surface area contributed by atoms with E-state index in [-0.39, 0.29) is 23.5 Å². The van der Waals surface area contributed by atoms with E-state index in [0.29, 0.717) is 29.9 Å². The monoisotopic (exact) mass is 364 g/mol. The minimum absolute atomic E-state index is 0.135. The molecule has 7 heteroatoms. The molecule has 1 aromatic carbocycles. The zero-order chi connectivity index (χ0) is 18.9. The molecule has 0 spiro atoms. The van der Waals surface area contributed by atoms with Crippen molar-refractivity contribution in [1.29, 1.82) is 0 Å². The van der Waals surface area contributed by atoms with E-state index in [0.717, 1.165) is 22.0 Å². The van der Waals surface area contributed by atoms with Crippen molar-refractivity contribution >= 4 is 16.9 Å². The largest absolute Gasteiger partial charge is 0.508 e. The van der Waals surface area contributed by atoms with E-state index >= 15 is 0 Å².